The van der Waals surface area contributed by atoms with Crippen molar-refractivity contribution in [2.24, 2.45) is 0 Å². The van der Waals surface area contributed by atoms with Crippen LogP contribution in [0.25, 0.3) is 140 Å². The summed E-state index contributed by atoms with van der Waals surface area (Å²) in [6.07, 6.45) is 0. The maximum absolute atomic E-state index is 12.5. The van der Waals surface area contributed by atoms with Gasteiger partial charge in [-0.15, -0.1) is 22.7 Å². The summed E-state index contributed by atoms with van der Waals surface area (Å²) < 4.78 is 9.43. The minimum absolute atomic E-state index is 0.417. The smallest absolute Gasteiger partial charge is 0.102 e. The lowest BCUT2D eigenvalue weighted by atomic mass is 9.82. The summed E-state index contributed by atoms with van der Waals surface area (Å²) in [6.45, 7) is 0. The molecule has 4 nitrogen and oxygen atoms in total. The molecule has 0 unspecified atom stereocenters. The lowest BCUT2D eigenvalue weighted by molar-refractivity contribution is 1.13. The molecular formula is C68H38N4S2. The maximum Gasteiger partial charge on any atom is 0.102 e. The number of hydrogen-bond acceptors (Lipinski definition) is 4. The Morgan fingerprint density at radius 3 is 1.09 bits per heavy atom. The van der Waals surface area contributed by atoms with Gasteiger partial charge in [0.25, 0.3) is 0 Å². The van der Waals surface area contributed by atoms with Gasteiger partial charge in [-0.2, -0.15) is 10.5 Å². The molecule has 15 aromatic rings. The predicted molar refractivity (Wildman–Crippen MR) is 312 cm³/mol. The van der Waals surface area contributed by atoms with Gasteiger partial charge in [0.2, 0.25) is 0 Å². The van der Waals surface area contributed by atoms with Crippen LogP contribution in [0, 0.1) is 22.7 Å². The summed E-state index contributed by atoms with van der Waals surface area (Å²) in [5, 5.41) is 34.0. The molecule has 4 aromatic heterocycles. The van der Waals surface area contributed by atoms with Crippen molar-refractivity contribution < 1.29 is 0 Å². The lowest BCUT2D eigenvalue weighted by Gasteiger charge is -2.27. The summed E-state index contributed by atoms with van der Waals surface area (Å²) in [4.78, 5) is 0. The van der Waals surface area contributed by atoms with Crippen molar-refractivity contribution in [3.63, 3.8) is 0 Å². The Bertz CT molecular complexity index is 4690. The third-order valence-electron chi connectivity index (χ3n) is 15.0. The minimum atomic E-state index is 0.417. The molecule has 0 N–H and O–H groups in total. The molecule has 0 atom stereocenters. The Labute approximate surface area is 433 Å². The fraction of sp³-hybridized carbons (Fsp3) is 0. The molecule has 342 valence electrons. The largest absolute Gasteiger partial charge is 0.306 e. The highest BCUT2D eigenvalue weighted by molar-refractivity contribution is 7.27. The zero-order chi connectivity index (χ0) is 49.0. The van der Waals surface area contributed by atoms with Crippen molar-refractivity contribution in [3.8, 4) is 68.0 Å². The molecule has 0 radical (unpaired) electrons. The van der Waals surface area contributed by atoms with Crippen LogP contribution in [0.15, 0.2) is 231 Å². The fourth-order valence-electron chi connectivity index (χ4n) is 12.0. The van der Waals surface area contributed by atoms with Crippen LogP contribution in [0.2, 0.25) is 0 Å². The second-order valence-electron chi connectivity index (χ2n) is 18.8. The highest BCUT2D eigenvalue weighted by atomic mass is 32.1. The molecule has 4 heterocycles. The molecule has 0 fully saturated rings. The summed E-state index contributed by atoms with van der Waals surface area (Å²) in [5.41, 5.74) is 13.3. The highest BCUT2D eigenvalue weighted by Gasteiger charge is 2.34. The van der Waals surface area contributed by atoms with E-state index in [1.165, 1.54) is 20.2 Å². The van der Waals surface area contributed by atoms with E-state index in [0.29, 0.717) is 28.1 Å². The Balaban J connectivity index is 1.27. The number of rotatable bonds is 6. The molecule has 6 heteroatoms. The van der Waals surface area contributed by atoms with Crippen LogP contribution in [0.5, 0.6) is 0 Å². The van der Waals surface area contributed by atoms with E-state index in [2.05, 4.69) is 215 Å². The molecule has 0 aliphatic carbocycles. The third-order valence-corrected chi connectivity index (χ3v) is 17.4. The number of thiophene rings is 2. The van der Waals surface area contributed by atoms with Gasteiger partial charge in [-0.3, -0.25) is 0 Å². The first-order chi connectivity index (χ1) is 36.7. The maximum atomic E-state index is 12.5. The Kier molecular flexibility index (Phi) is 9.40. The van der Waals surface area contributed by atoms with Crippen LogP contribution in [-0.4, -0.2) is 9.13 Å². The Hall–Kier alpha value is -9.56. The van der Waals surface area contributed by atoms with E-state index in [4.69, 9.17) is 0 Å². The highest BCUT2D eigenvalue weighted by Crippen LogP contribution is 2.54. The zero-order valence-electron chi connectivity index (χ0n) is 39.5. The van der Waals surface area contributed by atoms with E-state index in [1.54, 1.807) is 22.7 Å². The van der Waals surface area contributed by atoms with Gasteiger partial charge < -0.3 is 9.13 Å². The molecule has 0 spiro atoms. The van der Waals surface area contributed by atoms with Crippen LogP contribution in [0.4, 0.5) is 0 Å². The first kappa shape index (κ1) is 42.2. The summed E-state index contributed by atoms with van der Waals surface area (Å²) in [6, 6.07) is 87.1. The van der Waals surface area contributed by atoms with E-state index >= 15 is 0 Å². The molecule has 0 bridgehead atoms. The molecule has 0 aliphatic heterocycles. The van der Waals surface area contributed by atoms with E-state index in [1.807, 2.05) is 36.4 Å². The second-order valence-corrected chi connectivity index (χ2v) is 20.9. The third kappa shape index (κ3) is 5.99. The van der Waals surface area contributed by atoms with Gasteiger partial charge in [-0.05, 0) is 57.6 Å². The first-order valence-electron chi connectivity index (χ1n) is 24.7. The molecular weight excluding hydrogens is 937 g/mol. The average Bonchev–Trinajstić information content (AvgIpc) is 4.31. The SMILES string of the molecule is N#Cc1c(-c2ccccc2-c2ccccc2)c(C#N)c(-n2c3ccccc3c3ccc4c5ccccc5sc4c32)c(-c2ccccc2-c2ccccc2)c1-n1c2ccccc2c2ccc3c4ccccc4sc3c21. The van der Waals surface area contributed by atoms with E-state index in [9.17, 15) is 10.5 Å². The van der Waals surface area contributed by atoms with Crippen molar-refractivity contribution in [3.05, 3.63) is 242 Å². The number of benzene rings is 11. The molecule has 0 saturated heterocycles. The average molecular weight is 975 g/mol. The van der Waals surface area contributed by atoms with Crippen LogP contribution in [0.1, 0.15) is 11.1 Å². The number of fused-ring (bicyclic) bond motifs is 14. The topological polar surface area (TPSA) is 57.4 Å². The normalized spacial score (nSPS) is 11.8. The van der Waals surface area contributed by atoms with Gasteiger partial charge in [0.1, 0.15) is 12.1 Å². The van der Waals surface area contributed by atoms with E-state index in [0.717, 1.165) is 103 Å². The molecule has 0 saturated carbocycles. The lowest BCUT2D eigenvalue weighted by Crippen LogP contribution is -2.12. The standard InChI is InChI=1S/C68H38N4S2/c69-39-55-61(49-29-9-7-23-43(49)41-19-3-1-4-20-41)56(40-70)64(72-58-32-16-12-26-46(58)52-36-38-54-48-28-14-18-34-60(48)74-68(54)66(52)72)62(50-30-10-8-24-44(50)42-21-5-2-6-22-42)63(55)71-57-31-15-11-25-45(57)51-35-37-53-47-27-13-17-33-59(47)73-67(53)65(51)71/h1-38H. The number of hydrogen-bond donors (Lipinski definition) is 0. The van der Waals surface area contributed by atoms with Gasteiger partial charge in [-0.25, -0.2) is 0 Å². The van der Waals surface area contributed by atoms with Crippen molar-refractivity contribution >= 4 is 107 Å². The molecule has 11 aromatic carbocycles. The Morgan fingerprint density at radius 1 is 0.297 bits per heavy atom. The monoisotopic (exact) mass is 974 g/mol. The van der Waals surface area contributed by atoms with Crippen LogP contribution in [-0.2, 0) is 0 Å². The van der Waals surface area contributed by atoms with Gasteiger partial charge in [0.05, 0.1) is 54.0 Å². The molecule has 74 heavy (non-hydrogen) atoms. The summed E-state index contributed by atoms with van der Waals surface area (Å²) in [7, 11) is 0. The van der Waals surface area contributed by atoms with Crippen LogP contribution in [0.3, 0.4) is 0 Å². The summed E-state index contributed by atoms with van der Waals surface area (Å²) >= 11 is 3.57. The molecule has 0 amide bonds. The first-order valence-corrected chi connectivity index (χ1v) is 26.3. The number of para-hydroxylation sites is 2. The number of nitrogens with zero attached hydrogens (tertiary/aromatic N) is 4. The predicted octanol–water partition coefficient (Wildman–Crippen LogP) is 19.0. The van der Waals surface area contributed by atoms with Gasteiger partial charge >= 0.3 is 0 Å². The van der Waals surface area contributed by atoms with Crippen molar-refractivity contribution in [1.29, 1.82) is 10.5 Å². The Morgan fingerprint density at radius 2 is 0.649 bits per heavy atom. The molecule has 15 rings (SSSR count). The van der Waals surface area contributed by atoms with E-state index < -0.39 is 0 Å². The van der Waals surface area contributed by atoms with Crippen molar-refractivity contribution in [2.75, 3.05) is 0 Å². The van der Waals surface area contributed by atoms with E-state index in [-0.39, 0.29) is 0 Å². The van der Waals surface area contributed by atoms with Crippen LogP contribution < -0.4 is 0 Å². The number of aromatic nitrogens is 2. The van der Waals surface area contributed by atoms with Crippen LogP contribution >= 0.6 is 22.7 Å². The van der Waals surface area contributed by atoms with Gasteiger partial charge in [-0.1, -0.05) is 206 Å². The van der Waals surface area contributed by atoms with Crippen molar-refractivity contribution in [1.82, 2.24) is 9.13 Å². The minimum Gasteiger partial charge on any atom is -0.306 e. The second kappa shape index (κ2) is 16.5. The quantitative estimate of drug-likeness (QED) is 0.167. The molecule has 0 aliphatic rings. The number of nitriles is 2. The van der Waals surface area contributed by atoms with Crippen molar-refractivity contribution in [2.45, 2.75) is 0 Å². The van der Waals surface area contributed by atoms with Gasteiger partial charge in [0, 0.05) is 63.6 Å². The van der Waals surface area contributed by atoms with Gasteiger partial charge in [0.15, 0.2) is 0 Å². The zero-order valence-corrected chi connectivity index (χ0v) is 41.2. The summed E-state index contributed by atoms with van der Waals surface area (Å²) in [5.74, 6) is 0. The fourth-order valence-corrected chi connectivity index (χ4v) is 14.5.